The summed E-state index contributed by atoms with van der Waals surface area (Å²) in [7, 11) is -3.47. The van der Waals surface area contributed by atoms with Crippen molar-refractivity contribution in [3.63, 3.8) is 0 Å². The summed E-state index contributed by atoms with van der Waals surface area (Å²) in [5.41, 5.74) is 0. The fourth-order valence-corrected chi connectivity index (χ4v) is 4.63. The molecular weight excluding hydrogens is 306 g/mol. The van der Waals surface area contributed by atoms with E-state index in [9.17, 15) is 8.42 Å². The Hall–Kier alpha value is -0.790. The second kappa shape index (κ2) is 7.47. The third-order valence-electron chi connectivity index (χ3n) is 3.69. The zero-order chi connectivity index (χ0) is 15.3. The van der Waals surface area contributed by atoms with Crippen LogP contribution in [0.4, 0.5) is 5.82 Å². The van der Waals surface area contributed by atoms with Gasteiger partial charge in [0.1, 0.15) is 10.7 Å². The molecule has 0 bridgehead atoms. The number of hydrogen-bond acceptors (Lipinski definition) is 5. The molecule has 0 saturated heterocycles. The van der Waals surface area contributed by atoms with Crippen molar-refractivity contribution < 1.29 is 8.42 Å². The highest BCUT2D eigenvalue weighted by Crippen LogP contribution is 2.27. The van der Waals surface area contributed by atoms with Crippen molar-refractivity contribution in [2.45, 2.75) is 48.8 Å². The lowest BCUT2D eigenvalue weighted by molar-refractivity contribution is 0.420. The van der Waals surface area contributed by atoms with Gasteiger partial charge < -0.3 is 5.32 Å². The Balaban J connectivity index is 2.03. The number of nitrogens with one attached hydrogen (secondary N) is 2. The van der Waals surface area contributed by atoms with Gasteiger partial charge >= 0.3 is 0 Å². The number of aromatic nitrogens is 1. The molecule has 1 aromatic rings. The molecule has 0 radical (unpaired) electrons. The first-order valence-corrected chi connectivity index (χ1v) is 10.1. The summed E-state index contributed by atoms with van der Waals surface area (Å²) in [5, 5.41) is 3.61. The van der Waals surface area contributed by atoms with E-state index in [1.165, 1.54) is 12.6 Å². The van der Waals surface area contributed by atoms with Gasteiger partial charge in [0.05, 0.1) is 0 Å². The predicted molar refractivity (Wildman–Crippen MR) is 88.3 cm³/mol. The van der Waals surface area contributed by atoms with Crippen molar-refractivity contribution in [1.82, 2.24) is 9.71 Å². The molecule has 2 rings (SSSR count). The number of nitrogens with zero attached hydrogens (tertiary/aromatic N) is 1. The van der Waals surface area contributed by atoms with E-state index in [0.29, 0.717) is 11.1 Å². The summed E-state index contributed by atoms with van der Waals surface area (Å²) >= 11 is 1.82. The summed E-state index contributed by atoms with van der Waals surface area (Å²) in [6.07, 6.45) is 7.58. The molecule has 2 atom stereocenters. The minimum atomic E-state index is -3.47. The number of rotatable bonds is 6. The maximum atomic E-state index is 12.4. The molecule has 1 saturated carbocycles. The van der Waals surface area contributed by atoms with Crippen molar-refractivity contribution >= 4 is 27.6 Å². The lowest BCUT2D eigenvalue weighted by Gasteiger charge is -2.28. The SMILES string of the molecule is CCNc1ccc(S(=O)(=O)NC2CCCC(SC)C2)cn1. The van der Waals surface area contributed by atoms with Crippen LogP contribution >= 0.6 is 11.8 Å². The van der Waals surface area contributed by atoms with Crippen molar-refractivity contribution in [2.24, 2.45) is 0 Å². The molecule has 1 aliphatic rings. The van der Waals surface area contributed by atoms with Gasteiger partial charge in [0, 0.05) is 24.0 Å². The Morgan fingerprint density at radius 2 is 2.19 bits per heavy atom. The fraction of sp³-hybridized carbons (Fsp3) is 0.643. The van der Waals surface area contributed by atoms with Gasteiger partial charge in [0.2, 0.25) is 10.0 Å². The first-order chi connectivity index (χ1) is 10.0. The van der Waals surface area contributed by atoms with Crippen molar-refractivity contribution in [3.8, 4) is 0 Å². The summed E-state index contributed by atoms with van der Waals surface area (Å²) in [5.74, 6) is 0.691. The van der Waals surface area contributed by atoms with Gasteiger partial charge in [-0.25, -0.2) is 18.1 Å². The lowest BCUT2D eigenvalue weighted by atomic mass is 9.96. The van der Waals surface area contributed by atoms with Gasteiger partial charge in [0.15, 0.2) is 0 Å². The van der Waals surface area contributed by atoms with Crippen LogP contribution in [-0.4, -0.2) is 37.5 Å². The Morgan fingerprint density at radius 3 is 2.81 bits per heavy atom. The van der Waals surface area contributed by atoms with Crippen molar-refractivity contribution in [3.05, 3.63) is 18.3 Å². The molecule has 0 spiro atoms. The van der Waals surface area contributed by atoms with Crippen LogP contribution in [0.15, 0.2) is 23.2 Å². The zero-order valence-electron chi connectivity index (χ0n) is 12.5. The summed E-state index contributed by atoms with van der Waals surface area (Å²) in [6.45, 7) is 2.73. The highest BCUT2D eigenvalue weighted by atomic mass is 32.2. The van der Waals surface area contributed by atoms with E-state index in [1.807, 2.05) is 18.7 Å². The van der Waals surface area contributed by atoms with E-state index < -0.39 is 10.0 Å². The molecule has 7 heteroatoms. The molecule has 0 amide bonds. The second-order valence-electron chi connectivity index (χ2n) is 5.25. The van der Waals surface area contributed by atoms with E-state index in [-0.39, 0.29) is 10.9 Å². The van der Waals surface area contributed by atoms with E-state index in [4.69, 9.17) is 0 Å². The monoisotopic (exact) mass is 329 g/mol. The van der Waals surface area contributed by atoms with Crippen LogP contribution < -0.4 is 10.0 Å². The largest absolute Gasteiger partial charge is 0.370 e. The Morgan fingerprint density at radius 1 is 1.38 bits per heavy atom. The van der Waals surface area contributed by atoms with Gasteiger partial charge in [-0.3, -0.25) is 0 Å². The number of sulfonamides is 1. The van der Waals surface area contributed by atoms with Crippen LogP contribution in [0.25, 0.3) is 0 Å². The van der Waals surface area contributed by atoms with E-state index in [2.05, 4.69) is 21.3 Å². The molecule has 5 nitrogen and oxygen atoms in total. The van der Waals surface area contributed by atoms with Gasteiger partial charge in [-0.15, -0.1) is 0 Å². The topological polar surface area (TPSA) is 71.1 Å². The molecule has 0 aromatic carbocycles. The Labute approximate surface area is 131 Å². The maximum Gasteiger partial charge on any atom is 0.242 e. The first-order valence-electron chi connectivity index (χ1n) is 7.30. The zero-order valence-corrected chi connectivity index (χ0v) is 14.1. The highest BCUT2D eigenvalue weighted by Gasteiger charge is 2.26. The molecule has 1 aliphatic carbocycles. The van der Waals surface area contributed by atoms with Gasteiger partial charge in [0.25, 0.3) is 0 Å². The minimum absolute atomic E-state index is 0.0367. The lowest BCUT2D eigenvalue weighted by Crippen LogP contribution is -2.39. The number of pyridine rings is 1. The molecule has 118 valence electrons. The van der Waals surface area contributed by atoms with Crippen LogP contribution in [0.3, 0.4) is 0 Å². The van der Waals surface area contributed by atoms with E-state index in [0.717, 1.165) is 25.8 Å². The maximum absolute atomic E-state index is 12.4. The van der Waals surface area contributed by atoms with Crippen molar-refractivity contribution in [2.75, 3.05) is 18.1 Å². The molecule has 2 N–H and O–H groups in total. The third-order valence-corrected chi connectivity index (χ3v) is 6.29. The molecule has 1 fully saturated rings. The molecule has 1 aromatic heterocycles. The number of anilines is 1. The number of thioether (sulfide) groups is 1. The molecular formula is C14H23N3O2S2. The summed E-state index contributed by atoms with van der Waals surface area (Å²) in [4.78, 5) is 4.36. The van der Waals surface area contributed by atoms with Crippen LogP contribution in [0.2, 0.25) is 0 Å². The first kappa shape index (κ1) is 16.6. The van der Waals surface area contributed by atoms with E-state index >= 15 is 0 Å². The third kappa shape index (κ3) is 4.59. The minimum Gasteiger partial charge on any atom is -0.370 e. The van der Waals surface area contributed by atoms with Crippen LogP contribution in [0.5, 0.6) is 0 Å². The van der Waals surface area contributed by atoms with E-state index in [1.54, 1.807) is 12.1 Å². The quantitative estimate of drug-likeness (QED) is 0.839. The normalized spacial score (nSPS) is 23.0. The van der Waals surface area contributed by atoms with Gasteiger partial charge in [-0.2, -0.15) is 11.8 Å². The van der Waals surface area contributed by atoms with Crippen LogP contribution in [-0.2, 0) is 10.0 Å². The van der Waals surface area contributed by atoms with Gasteiger partial charge in [-0.1, -0.05) is 6.42 Å². The smallest absolute Gasteiger partial charge is 0.242 e. The summed E-state index contributed by atoms with van der Waals surface area (Å²) in [6, 6.07) is 3.33. The highest BCUT2D eigenvalue weighted by molar-refractivity contribution is 7.99. The molecule has 0 aliphatic heterocycles. The average Bonchev–Trinajstić information content (AvgIpc) is 2.48. The van der Waals surface area contributed by atoms with Crippen molar-refractivity contribution in [1.29, 1.82) is 0 Å². The molecule has 2 unspecified atom stereocenters. The van der Waals surface area contributed by atoms with Gasteiger partial charge in [-0.05, 0) is 44.6 Å². The number of hydrogen-bond donors (Lipinski definition) is 2. The fourth-order valence-electron chi connectivity index (χ4n) is 2.58. The standard InChI is InChI=1S/C14H23N3O2S2/c1-3-15-14-8-7-13(10-16-14)21(18,19)17-11-5-4-6-12(9-11)20-2/h7-8,10-12,17H,3-6,9H2,1-2H3,(H,15,16). The average molecular weight is 329 g/mol. The van der Waals surface area contributed by atoms with Crippen LogP contribution in [0.1, 0.15) is 32.6 Å². The predicted octanol–water partition coefficient (Wildman–Crippen LogP) is 2.47. The second-order valence-corrected chi connectivity index (χ2v) is 8.10. The molecule has 1 heterocycles. The summed E-state index contributed by atoms with van der Waals surface area (Å²) < 4.78 is 27.6. The van der Waals surface area contributed by atoms with Crippen LogP contribution in [0, 0.1) is 0 Å². The molecule has 21 heavy (non-hydrogen) atoms. The Kier molecular flexibility index (Phi) is 5.89. The Bertz CT molecular complexity index is 546.